The van der Waals surface area contributed by atoms with E-state index in [1.54, 1.807) is 38.1 Å². The molecule has 2 amide bonds. The molecule has 3 rings (SSSR count). The highest BCUT2D eigenvalue weighted by molar-refractivity contribution is 6.00. The number of hydrogen-bond acceptors (Lipinski definition) is 3. The van der Waals surface area contributed by atoms with Crippen LogP contribution in [0.25, 0.3) is 5.69 Å². The predicted molar refractivity (Wildman–Crippen MR) is 105 cm³/mol. The summed E-state index contributed by atoms with van der Waals surface area (Å²) in [6.45, 7) is 3.08. The van der Waals surface area contributed by atoms with E-state index in [1.807, 2.05) is 6.07 Å². The molecular weight excluding hydrogens is 378 g/mol. The van der Waals surface area contributed by atoms with Crippen LogP contribution < -0.4 is 5.32 Å². The highest BCUT2D eigenvalue weighted by Gasteiger charge is 2.24. The fourth-order valence-electron chi connectivity index (χ4n) is 3.04. The summed E-state index contributed by atoms with van der Waals surface area (Å²) < 4.78 is 28.6. The van der Waals surface area contributed by atoms with Crippen LogP contribution in [0.3, 0.4) is 0 Å². The molecule has 0 radical (unpaired) electrons. The first-order chi connectivity index (χ1) is 13.8. The van der Waals surface area contributed by atoms with E-state index >= 15 is 0 Å². The summed E-state index contributed by atoms with van der Waals surface area (Å²) in [4.78, 5) is 26.4. The zero-order valence-corrected chi connectivity index (χ0v) is 16.2. The van der Waals surface area contributed by atoms with Crippen molar-refractivity contribution < 1.29 is 18.4 Å². The number of rotatable bonds is 5. The Hall–Kier alpha value is -3.55. The molecular formula is C21H20F2N4O2. The number of hydrogen-bond donors (Lipinski definition) is 1. The molecule has 0 spiro atoms. The zero-order valence-electron chi connectivity index (χ0n) is 16.2. The van der Waals surface area contributed by atoms with Crippen LogP contribution in [-0.2, 0) is 4.79 Å². The number of nitrogens with zero attached hydrogens (tertiary/aromatic N) is 3. The van der Waals surface area contributed by atoms with Gasteiger partial charge in [0, 0.05) is 18.8 Å². The van der Waals surface area contributed by atoms with Crippen LogP contribution in [0, 0.1) is 25.5 Å². The van der Waals surface area contributed by atoms with Gasteiger partial charge in [-0.2, -0.15) is 5.10 Å². The monoisotopic (exact) mass is 398 g/mol. The van der Waals surface area contributed by atoms with Crippen LogP contribution in [0.5, 0.6) is 0 Å². The molecule has 0 atom stereocenters. The van der Waals surface area contributed by atoms with Gasteiger partial charge >= 0.3 is 0 Å². The van der Waals surface area contributed by atoms with Crippen molar-refractivity contribution in [3.05, 3.63) is 77.1 Å². The minimum Gasteiger partial charge on any atom is -0.332 e. The van der Waals surface area contributed by atoms with Crippen molar-refractivity contribution in [3.8, 4) is 5.69 Å². The molecule has 150 valence electrons. The maximum Gasteiger partial charge on any atom is 0.257 e. The Kier molecular flexibility index (Phi) is 5.72. The van der Waals surface area contributed by atoms with Crippen LogP contribution in [0.2, 0.25) is 0 Å². The van der Waals surface area contributed by atoms with Gasteiger partial charge in [0.05, 0.1) is 23.5 Å². The molecule has 0 saturated heterocycles. The summed E-state index contributed by atoms with van der Waals surface area (Å²) >= 11 is 0. The minimum absolute atomic E-state index is 0.0375. The Morgan fingerprint density at radius 1 is 1.10 bits per heavy atom. The average molecular weight is 398 g/mol. The highest BCUT2D eigenvalue weighted by atomic mass is 19.1. The summed E-state index contributed by atoms with van der Waals surface area (Å²) in [5.74, 6) is -2.25. The van der Waals surface area contributed by atoms with Crippen molar-refractivity contribution in [2.45, 2.75) is 13.8 Å². The summed E-state index contributed by atoms with van der Waals surface area (Å²) in [7, 11) is 1.50. The number of carbonyl (C=O) groups excluding carboxylic acids is 2. The van der Waals surface area contributed by atoms with Crippen molar-refractivity contribution in [1.82, 2.24) is 14.7 Å². The van der Waals surface area contributed by atoms with Gasteiger partial charge in [0.15, 0.2) is 5.82 Å². The van der Waals surface area contributed by atoms with Crippen LogP contribution >= 0.6 is 0 Å². The lowest BCUT2D eigenvalue weighted by Crippen LogP contribution is -2.35. The fourth-order valence-corrected chi connectivity index (χ4v) is 3.04. The SMILES string of the molecule is Cc1nn(-c2ccc(F)cc2F)c(C)c1C(=O)N(C)CC(=O)Nc1ccccc1. The Morgan fingerprint density at radius 2 is 1.79 bits per heavy atom. The summed E-state index contributed by atoms with van der Waals surface area (Å²) in [5, 5.41) is 6.94. The van der Waals surface area contributed by atoms with Crippen LogP contribution in [0.4, 0.5) is 14.5 Å². The molecule has 0 aliphatic rings. The largest absolute Gasteiger partial charge is 0.332 e. The first-order valence-electron chi connectivity index (χ1n) is 8.90. The van der Waals surface area contributed by atoms with Gasteiger partial charge in [0.1, 0.15) is 11.5 Å². The molecule has 0 aliphatic carbocycles. The normalized spacial score (nSPS) is 10.7. The number of anilines is 1. The molecule has 0 saturated carbocycles. The lowest BCUT2D eigenvalue weighted by molar-refractivity contribution is -0.116. The number of para-hydroxylation sites is 1. The van der Waals surface area contributed by atoms with E-state index in [4.69, 9.17) is 0 Å². The summed E-state index contributed by atoms with van der Waals surface area (Å²) in [5.41, 5.74) is 1.71. The van der Waals surface area contributed by atoms with Crippen molar-refractivity contribution in [1.29, 1.82) is 0 Å². The van der Waals surface area contributed by atoms with Crippen molar-refractivity contribution in [2.24, 2.45) is 0 Å². The van der Waals surface area contributed by atoms with E-state index in [9.17, 15) is 18.4 Å². The number of carbonyl (C=O) groups is 2. The van der Waals surface area contributed by atoms with E-state index in [0.717, 1.165) is 12.1 Å². The van der Waals surface area contributed by atoms with Gasteiger partial charge in [-0.05, 0) is 38.1 Å². The fraction of sp³-hybridized carbons (Fsp3) is 0.190. The van der Waals surface area contributed by atoms with E-state index in [2.05, 4.69) is 10.4 Å². The third-order valence-corrected chi connectivity index (χ3v) is 4.43. The Balaban J connectivity index is 1.80. The number of nitrogens with one attached hydrogen (secondary N) is 1. The number of likely N-dealkylation sites (N-methyl/N-ethyl adjacent to an activating group) is 1. The van der Waals surface area contributed by atoms with E-state index in [1.165, 1.54) is 22.7 Å². The van der Waals surface area contributed by atoms with Gasteiger partial charge in [0.2, 0.25) is 5.91 Å². The van der Waals surface area contributed by atoms with Gasteiger partial charge in [-0.25, -0.2) is 13.5 Å². The smallest absolute Gasteiger partial charge is 0.257 e. The minimum atomic E-state index is -0.787. The third kappa shape index (κ3) is 4.31. The molecule has 1 aromatic heterocycles. The maximum absolute atomic E-state index is 14.1. The highest BCUT2D eigenvalue weighted by Crippen LogP contribution is 2.22. The summed E-state index contributed by atoms with van der Waals surface area (Å²) in [6.07, 6.45) is 0. The topological polar surface area (TPSA) is 67.2 Å². The Labute approximate surface area is 166 Å². The van der Waals surface area contributed by atoms with Gasteiger partial charge in [-0.15, -0.1) is 0 Å². The standard InChI is InChI=1S/C21H20F2N4O2/c1-13-20(14(2)27(25-13)18-10-9-15(22)11-17(18)23)21(29)26(3)12-19(28)24-16-7-5-4-6-8-16/h4-11H,12H2,1-3H3,(H,24,28). The van der Waals surface area contributed by atoms with Gasteiger partial charge in [0.25, 0.3) is 5.91 Å². The lowest BCUT2D eigenvalue weighted by Gasteiger charge is -2.17. The second-order valence-corrected chi connectivity index (χ2v) is 6.63. The molecule has 3 aromatic rings. The van der Waals surface area contributed by atoms with Crippen LogP contribution in [-0.4, -0.2) is 40.1 Å². The molecule has 0 fully saturated rings. The number of aryl methyl sites for hydroxylation is 1. The quantitative estimate of drug-likeness (QED) is 0.716. The molecule has 0 unspecified atom stereocenters. The van der Waals surface area contributed by atoms with Gasteiger partial charge in [-0.1, -0.05) is 18.2 Å². The lowest BCUT2D eigenvalue weighted by atomic mass is 10.1. The maximum atomic E-state index is 14.1. The molecule has 1 heterocycles. The summed E-state index contributed by atoms with van der Waals surface area (Å²) in [6, 6.07) is 12.0. The Morgan fingerprint density at radius 3 is 2.45 bits per heavy atom. The van der Waals surface area contributed by atoms with Crippen molar-refractivity contribution >= 4 is 17.5 Å². The van der Waals surface area contributed by atoms with E-state index in [-0.39, 0.29) is 23.7 Å². The van der Waals surface area contributed by atoms with Crippen molar-refractivity contribution in [2.75, 3.05) is 18.9 Å². The van der Waals surface area contributed by atoms with Crippen LogP contribution in [0.15, 0.2) is 48.5 Å². The molecule has 0 bridgehead atoms. The Bertz CT molecular complexity index is 1060. The zero-order chi connectivity index (χ0) is 21.1. The molecule has 29 heavy (non-hydrogen) atoms. The third-order valence-electron chi connectivity index (χ3n) is 4.43. The molecule has 2 aromatic carbocycles. The molecule has 6 nitrogen and oxygen atoms in total. The van der Waals surface area contributed by atoms with Crippen molar-refractivity contribution in [3.63, 3.8) is 0 Å². The predicted octanol–water partition coefficient (Wildman–Crippen LogP) is 3.48. The molecule has 1 N–H and O–H groups in total. The number of aromatic nitrogens is 2. The molecule has 8 heteroatoms. The number of benzene rings is 2. The second kappa shape index (κ2) is 8.22. The second-order valence-electron chi connectivity index (χ2n) is 6.63. The first kappa shape index (κ1) is 20.2. The average Bonchev–Trinajstić information content (AvgIpc) is 2.96. The molecule has 0 aliphatic heterocycles. The van der Waals surface area contributed by atoms with E-state index < -0.39 is 17.5 Å². The van der Waals surface area contributed by atoms with Crippen LogP contribution in [0.1, 0.15) is 21.7 Å². The van der Waals surface area contributed by atoms with Gasteiger partial charge < -0.3 is 10.2 Å². The number of halogens is 2. The number of amides is 2. The first-order valence-corrected chi connectivity index (χ1v) is 8.90. The van der Waals surface area contributed by atoms with Gasteiger partial charge in [-0.3, -0.25) is 9.59 Å². The van der Waals surface area contributed by atoms with E-state index in [0.29, 0.717) is 17.1 Å².